The minimum Gasteiger partial charge on any atom is -0.490 e. The fourth-order valence-corrected chi connectivity index (χ4v) is 3.41. The number of aliphatic hydroxyl groups is 1. The maximum atomic E-state index is 12.6. The third-order valence-electron chi connectivity index (χ3n) is 4.60. The average Bonchev–Trinajstić information content (AvgIpc) is 3.01. The van der Waals surface area contributed by atoms with E-state index in [2.05, 4.69) is 5.32 Å². The predicted molar refractivity (Wildman–Crippen MR) is 90.3 cm³/mol. The van der Waals surface area contributed by atoms with Gasteiger partial charge in [0, 0.05) is 19.6 Å². The van der Waals surface area contributed by atoms with Crippen LogP contribution >= 0.6 is 0 Å². The van der Waals surface area contributed by atoms with Crippen LogP contribution in [0.2, 0.25) is 0 Å². The Morgan fingerprint density at radius 1 is 1.25 bits per heavy atom. The van der Waals surface area contributed by atoms with Crippen molar-refractivity contribution >= 4 is 5.91 Å². The lowest BCUT2D eigenvalue weighted by Gasteiger charge is -2.31. The van der Waals surface area contributed by atoms with E-state index in [1.807, 2.05) is 30.9 Å². The molecule has 2 aliphatic heterocycles. The molecule has 0 aromatic heterocycles. The zero-order valence-electron chi connectivity index (χ0n) is 14.4. The Balaban J connectivity index is 1.77. The van der Waals surface area contributed by atoms with Crippen LogP contribution in [0.1, 0.15) is 31.4 Å². The van der Waals surface area contributed by atoms with Gasteiger partial charge < -0.3 is 24.8 Å². The van der Waals surface area contributed by atoms with Gasteiger partial charge in [0.05, 0.1) is 25.4 Å². The van der Waals surface area contributed by atoms with Gasteiger partial charge in [-0.15, -0.1) is 0 Å². The molecule has 2 atom stereocenters. The molecular weight excluding hydrogens is 308 g/mol. The summed E-state index contributed by atoms with van der Waals surface area (Å²) < 4.78 is 11.4. The SMILES string of the molecule is CCOc1cc2c(cc1OCC)CN(C(=O)[C@@H]1C[C@H](O)CN1)CC2. The molecule has 3 rings (SSSR count). The summed E-state index contributed by atoms with van der Waals surface area (Å²) in [6.07, 6.45) is 0.882. The van der Waals surface area contributed by atoms with Crippen molar-refractivity contribution in [2.75, 3.05) is 26.3 Å². The van der Waals surface area contributed by atoms with Gasteiger partial charge in [0.15, 0.2) is 11.5 Å². The highest BCUT2D eigenvalue weighted by atomic mass is 16.5. The van der Waals surface area contributed by atoms with Crippen LogP contribution in [0.15, 0.2) is 12.1 Å². The number of rotatable bonds is 5. The van der Waals surface area contributed by atoms with Crippen LogP contribution in [-0.2, 0) is 17.8 Å². The molecule has 0 bridgehead atoms. The van der Waals surface area contributed by atoms with E-state index in [0.717, 1.165) is 23.5 Å². The number of carbonyl (C=O) groups is 1. The minimum atomic E-state index is -0.422. The van der Waals surface area contributed by atoms with E-state index in [-0.39, 0.29) is 11.9 Å². The second kappa shape index (κ2) is 7.40. The standard InChI is InChI=1S/C18H26N2O4/c1-3-23-16-7-12-5-6-20(11-13(12)8-17(16)24-4-2)18(22)15-9-14(21)10-19-15/h7-8,14-15,19,21H,3-6,9-11H2,1-2H3/t14-,15-/m0/s1. The molecule has 1 aromatic rings. The van der Waals surface area contributed by atoms with Crippen LogP contribution in [0.3, 0.4) is 0 Å². The van der Waals surface area contributed by atoms with Gasteiger partial charge >= 0.3 is 0 Å². The molecule has 0 unspecified atom stereocenters. The van der Waals surface area contributed by atoms with Gasteiger partial charge in [-0.05, 0) is 49.9 Å². The Labute approximate surface area is 142 Å². The average molecular weight is 334 g/mol. The molecule has 1 fully saturated rings. The highest BCUT2D eigenvalue weighted by molar-refractivity contribution is 5.82. The third kappa shape index (κ3) is 3.49. The van der Waals surface area contributed by atoms with Gasteiger partial charge in [-0.25, -0.2) is 0 Å². The number of amides is 1. The van der Waals surface area contributed by atoms with Gasteiger partial charge in [0.1, 0.15) is 0 Å². The van der Waals surface area contributed by atoms with Crippen LogP contribution in [-0.4, -0.2) is 54.4 Å². The van der Waals surface area contributed by atoms with Crippen molar-refractivity contribution in [1.82, 2.24) is 10.2 Å². The molecule has 1 saturated heterocycles. The number of ether oxygens (including phenoxy) is 2. The van der Waals surface area contributed by atoms with E-state index in [0.29, 0.717) is 39.3 Å². The summed E-state index contributed by atoms with van der Waals surface area (Å²) >= 11 is 0. The van der Waals surface area contributed by atoms with Crippen LogP contribution in [0.25, 0.3) is 0 Å². The number of benzene rings is 1. The first kappa shape index (κ1) is 17.0. The quantitative estimate of drug-likeness (QED) is 0.843. The van der Waals surface area contributed by atoms with Crippen molar-refractivity contribution in [2.24, 2.45) is 0 Å². The van der Waals surface area contributed by atoms with Gasteiger partial charge in [0.2, 0.25) is 5.91 Å². The molecule has 0 spiro atoms. The lowest BCUT2D eigenvalue weighted by molar-refractivity contribution is -0.134. The fraction of sp³-hybridized carbons (Fsp3) is 0.611. The third-order valence-corrected chi connectivity index (χ3v) is 4.60. The van der Waals surface area contributed by atoms with Crippen molar-refractivity contribution in [3.63, 3.8) is 0 Å². The number of β-amino-alcohol motifs (C(OH)–C–C–N with tert-alkyl or cyclic N) is 1. The Hall–Kier alpha value is -1.79. The normalized spacial score (nSPS) is 23.0. The summed E-state index contributed by atoms with van der Waals surface area (Å²) in [7, 11) is 0. The lowest BCUT2D eigenvalue weighted by atomic mass is 9.98. The molecule has 6 heteroatoms. The monoisotopic (exact) mass is 334 g/mol. The van der Waals surface area contributed by atoms with E-state index in [1.165, 1.54) is 5.56 Å². The zero-order valence-corrected chi connectivity index (χ0v) is 14.4. The molecule has 2 N–H and O–H groups in total. The number of hydrogen-bond acceptors (Lipinski definition) is 5. The number of nitrogens with one attached hydrogen (secondary N) is 1. The molecule has 0 radical (unpaired) electrons. The summed E-state index contributed by atoms with van der Waals surface area (Å²) in [5, 5.41) is 12.7. The van der Waals surface area contributed by atoms with Crippen molar-refractivity contribution < 1.29 is 19.4 Å². The maximum absolute atomic E-state index is 12.6. The number of hydrogen-bond donors (Lipinski definition) is 2. The van der Waals surface area contributed by atoms with Crippen LogP contribution in [0.4, 0.5) is 0 Å². The topological polar surface area (TPSA) is 71.0 Å². The first-order chi connectivity index (χ1) is 11.6. The van der Waals surface area contributed by atoms with Gasteiger partial charge in [-0.2, -0.15) is 0 Å². The molecule has 1 amide bonds. The smallest absolute Gasteiger partial charge is 0.240 e. The summed E-state index contributed by atoms with van der Waals surface area (Å²) in [6.45, 7) is 6.84. The molecule has 1 aromatic carbocycles. The van der Waals surface area contributed by atoms with Crippen molar-refractivity contribution in [3.8, 4) is 11.5 Å². The first-order valence-corrected chi connectivity index (χ1v) is 8.74. The predicted octanol–water partition coefficient (Wildman–Crippen LogP) is 1.09. The van der Waals surface area contributed by atoms with Crippen molar-refractivity contribution in [1.29, 1.82) is 0 Å². The molecule has 0 aliphatic carbocycles. The second-order valence-corrected chi connectivity index (χ2v) is 6.29. The van der Waals surface area contributed by atoms with E-state index in [4.69, 9.17) is 9.47 Å². The Bertz CT molecular complexity index is 605. The molecule has 0 saturated carbocycles. The molecule has 132 valence electrons. The highest BCUT2D eigenvalue weighted by Crippen LogP contribution is 2.34. The van der Waals surface area contributed by atoms with Crippen molar-refractivity contribution in [2.45, 2.75) is 45.4 Å². The van der Waals surface area contributed by atoms with Gasteiger partial charge in [-0.3, -0.25) is 4.79 Å². The van der Waals surface area contributed by atoms with E-state index >= 15 is 0 Å². The maximum Gasteiger partial charge on any atom is 0.240 e. The molecule has 2 aliphatic rings. The van der Waals surface area contributed by atoms with Crippen molar-refractivity contribution in [3.05, 3.63) is 23.3 Å². The van der Waals surface area contributed by atoms with Gasteiger partial charge in [-0.1, -0.05) is 0 Å². The first-order valence-electron chi connectivity index (χ1n) is 8.74. The lowest BCUT2D eigenvalue weighted by Crippen LogP contribution is -2.45. The largest absolute Gasteiger partial charge is 0.490 e. The number of carbonyl (C=O) groups excluding carboxylic acids is 1. The summed E-state index contributed by atoms with van der Waals surface area (Å²) in [4.78, 5) is 14.5. The Kier molecular flexibility index (Phi) is 5.26. The summed E-state index contributed by atoms with van der Waals surface area (Å²) in [5.41, 5.74) is 2.32. The summed E-state index contributed by atoms with van der Waals surface area (Å²) in [5.74, 6) is 1.59. The second-order valence-electron chi connectivity index (χ2n) is 6.29. The number of nitrogens with zero attached hydrogens (tertiary/aromatic N) is 1. The Morgan fingerprint density at radius 3 is 2.50 bits per heavy atom. The van der Waals surface area contributed by atoms with Crippen LogP contribution in [0.5, 0.6) is 11.5 Å². The number of fused-ring (bicyclic) bond motifs is 1. The van der Waals surface area contributed by atoms with E-state index in [1.54, 1.807) is 0 Å². The fourth-order valence-electron chi connectivity index (χ4n) is 3.41. The Morgan fingerprint density at radius 2 is 1.92 bits per heavy atom. The molecule has 6 nitrogen and oxygen atoms in total. The van der Waals surface area contributed by atoms with E-state index < -0.39 is 6.10 Å². The summed E-state index contributed by atoms with van der Waals surface area (Å²) in [6, 6.07) is 3.78. The van der Waals surface area contributed by atoms with Crippen LogP contribution in [0, 0.1) is 0 Å². The van der Waals surface area contributed by atoms with Crippen LogP contribution < -0.4 is 14.8 Å². The van der Waals surface area contributed by atoms with E-state index in [9.17, 15) is 9.90 Å². The minimum absolute atomic E-state index is 0.0732. The molecule has 24 heavy (non-hydrogen) atoms. The highest BCUT2D eigenvalue weighted by Gasteiger charge is 2.33. The zero-order chi connectivity index (χ0) is 17.1. The van der Waals surface area contributed by atoms with Gasteiger partial charge in [0.25, 0.3) is 0 Å². The molecular formula is C18H26N2O4. The molecule has 2 heterocycles. The number of aliphatic hydroxyl groups excluding tert-OH is 1.